The highest BCUT2D eigenvalue weighted by atomic mass is 16.6. The number of rotatable bonds is 12. The van der Waals surface area contributed by atoms with Crippen LogP contribution in [0.3, 0.4) is 0 Å². The van der Waals surface area contributed by atoms with Crippen LogP contribution in [0.5, 0.6) is 0 Å². The molecule has 10 heteroatoms. The zero-order chi connectivity index (χ0) is 21.0. The summed E-state index contributed by atoms with van der Waals surface area (Å²) in [6.07, 6.45) is -1.69. The normalized spacial score (nSPS) is 12.3. The summed E-state index contributed by atoms with van der Waals surface area (Å²) in [5.74, 6) is -4.59. The largest absolute Gasteiger partial charge is 0.465 e. The third-order valence-electron chi connectivity index (χ3n) is 3.58. The second-order valence-corrected chi connectivity index (χ2v) is 6.33. The molecule has 0 aromatic carbocycles. The lowest BCUT2D eigenvalue weighted by Crippen LogP contribution is -2.46. The topological polar surface area (TPSA) is 148 Å². The average molecular weight is 391 g/mol. The molecule has 0 aromatic heterocycles. The number of carbonyl (C=O) groups excluding carboxylic acids is 4. The van der Waals surface area contributed by atoms with E-state index in [0.717, 1.165) is 0 Å². The van der Waals surface area contributed by atoms with E-state index in [0.29, 0.717) is 0 Å². The molecule has 27 heavy (non-hydrogen) atoms. The molecule has 0 aliphatic carbocycles. The van der Waals surface area contributed by atoms with Crippen molar-refractivity contribution in [2.75, 3.05) is 33.0 Å². The Bertz CT molecular complexity index is 501. The molecule has 0 unspecified atom stereocenters. The Morgan fingerprint density at radius 1 is 1.00 bits per heavy atom. The zero-order valence-corrected chi connectivity index (χ0v) is 16.1. The number of nitrogens with one attached hydrogen (secondary N) is 1. The second-order valence-electron chi connectivity index (χ2n) is 6.33. The summed E-state index contributed by atoms with van der Waals surface area (Å²) in [4.78, 5) is 47.0. The van der Waals surface area contributed by atoms with Crippen LogP contribution in [0.4, 0.5) is 0 Å². The highest BCUT2D eigenvalue weighted by Crippen LogP contribution is 2.19. The number of ether oxygens (including phenoxy) is 3. The first-order valence-electron chi connectivity index (χ1n) is 8.66. The Morgan fingerprint density at radius 3 is 1.96 bits per heavy atom. The van der Waals surface area contributed by atoms with Crippen molar-refractivity contribution < 1.29 is 43.6 Å². The smallest absolute Gasteiger partial charge is 0.323 e. The Hall–Kier alpha value is -2.20. The zero-order valence-electron chi connectivity index (χ0n) is 16.1. The quantitative estimate of drug-likeness (QED) is 0.220. The molecule has 0 bridgehead atoms. The SMILES string of the molecule is CCOC(=O)C(COC(=O)CCNC(=O)[C@H](O)C(C)(C)CO)C(=O)OCC. The predicted molar refractivity (Wildman–Crippen MR) is 92.2 cm³/mol. The molecule has 156 valence electrons. The lowest BCUT2D eigenvalue weighted by Gasteiger charge is -2.27. The Balaban J connectivity index is 4.45. The molecule has 0 radical (unpaired) electrons. The van der Waals surface area contributed by atoms with Gasteiger partial charge in [-0.25, -0.2) is 0 Å². The summed E-state index contributed by atoms with van der Waals surface area (Å²) in [5.41, 5.74) is -1.03. The maximum atomic E-state index is 11.8. The van der Waals surface area contributed by atoms with Gasteiger partial charge in [-0.1, -0.05) is 13.8 Å². The minimum absolute atomic E-state index is 0.0568. The summed E-state index contributed by atoms with van der Waals surface area (Å²) < 4.78 is 14.4. The van der Waals surface area contributed by atoms with Gasteiger partial charge in [-0.05, 0) is 13.8 Å². The molecule has 0 aliphatic rings. The number of hydrogen-bond donors (Lipinski definition) is 3. The lowest BCUT2D eigenvalue weighted by molar-refractivity contribution is -0.166. The number of amides is 1. The fourth-order valence-corrected chi connectivity index (χ4v) is 1.79. The summed E-state index contributed by atoms with van der Waals surface area (Å²) in [5, 5.41) is 21.3. The van der Waals surface area contributed by atoms with E-state index >= 15 is 0 Å². The van der Waals surface area contributed by atoms with E-state index in [1.807, 2.05) is 0 Å². The van der Waals surface area contributed by atoms with Crippen LogP contribution in [0.2, 0.25) is 0 Å². The van der Waals surface area contributed by atoms with Crippen molar-refractivity contribution in [2.45, 2.75) is 40.2 Å². The van der Waals surface area contributed by atoms with E-state index in [9.17, 15) is 24.3 Å². The molecule has 0 rings (SSSR count). The molecule has 0 saturated carbocycles. The summed E-state index contributed by atoms with van der Waals surface area (Å²) in [6, 6.07) is 0. The molecule has 0 aliphatic heterocycles. The van der Waals surface area contributed by atoms with Gasteiger partial charge in [0.15, 0.2) is 5.92 Å². The van der Waals surface area contributed by atoms with Gasteiger partial charge in [0.1, 0.15) is 12.7 Å². The predicted octanol–water partition coefficient (Wildman–Crippen LogP) is -0.842. The van der Waals surface area contributed by atoms with Gasteiger partial charge >= 0.3 is 17.9 Å². The van der Waals surface area contributed by atoms with Crippen molar-refractivity contribution in [1.82, 2.24) is 5.32 Å². The molecular formula is C17H29NO9. The summed E-state index contributed by atoms with van der Waals surface area (Å²) >= 11 is 0. The first-order valence-corrected chi connectivity index (χ1v) is 8.66. The van der Waals surface area contributed by atoms with Gasteiger partial charge in [0.05, 0.1) is 26.2 Å². The number of aliphatic hydroxyl groups is 2. The van der Waals surface area contributed by atoms with E-state index in [2.05, 4.69) is 5.32 Å². The summed E-state index contributed by atoms with van der Waals surface area (Å²) in [6.45, 7) is 5.22. The van der Waals surface area contributed by atoms with E-state index in [-0.39, 0.29) is 26.2 Å². The van der Waals surface area contributed by atoms with Crippen LogP contribution in [-0.4, -0.2) is 73.1 Å². The average Bonchev–Trinajstić information content (AvgIpc) is 2.61. The van der Waals surface area contributed by atoms with Gasteiger partial charge in [-0.3, -0.25) is 19.2 Å². The molecular weight excluding hydrogens is 362 g/mol. The lowest BCUT2D eigenvalue weighted by atomic mass is 9.87. The second kappa shape index (κ2) is 12.2. The molecule has 10 nitrogen and oxygen atoms in total. The molecule has 1 atom stereocenters. The van der Waals surface area contributed by atoms with Crippen LogP contribution in [0.1, 0.15) is 34.1 Å². The number of carbonyl (C=O) groups is 4. The van der Waals surface area contributed by atoms with Crippen LogP contribution in [0.15, 0.2) is 0 Å². The highest BCUT2D eigenvalue weighted by molar-refractivity contribution is 5.95. The van der Waals surface area contributed by atoms with Gasteiger partial charge in [-0.15, -0.1) is 0 Å². The van der Waals surface area contributed by atoms with Crippen LogP contribution < -0.4 is 5.32 Å². The fourth-order valence-electron chi connectivity index (χ4n) is 1.79. The number of hydrogen-bond acceptors (Lipinski definition) is 9. The van der Waals surface area contributed by atoms with Crippen molar-refractivity contribution in [1.29, 1.82) is 0 Å². The molecule has 1 amide bonds. The van der Waals surface area contributed by atoms with Crippen LogP contribution in [0.25, 0.3) is 0 Å². The van der Waals surface area contributed by atoms with E-state index in [4.69, 9.17) is 19.3 Å². The maximum Gasteiger partial charge on any atom is 0.323 e. The third-order valence-corrected chi connectivity index (χ3v) is 3.58. The van der Waals surface area contributed by atoms with Crippen molar-refractivity contribution >= 4 is 23.8 Å². The van der Waals surface area contributed by atoms with Crippen LogP contribution in [0, 0.1) is 11.3 Å². The van der Waals surface area contributed by atoms with Crippen molar-refractivity contribution in [3.05, 3.63) is 0 Å². The standard InChI is InChI=1S/C17H29NO9/c1-5-25-15(23)11(16(24)26-6-2)9-27-12(20)7-8-18-14(22)13(21)17(3,4)10-19/h11,13,19,21H,5-10H2,1-4H3,(H,18,22)/t13-/m0/s1. The summed E-state index contributed by atoms with van der Waals surface area (Å²) in [7, 11) is 0. The van der Waals surface area contributed by atoms with E-state index in [1.54, 1.807) is 13.8 Å². The maximum absolute atomic E-state index is 11.8. The minimum atomic E-state index is -1.45. The number of esters is 3. The van der Waals surface area contributed by atoms with Gasteiger partial charge < -0.3 is 29.7 Å². The first kappa shape index (κ1) is 24.8. The Kier molecular flexibility index (Phi) is 11.2. The van der Waals surface area contributed by atoms with Crippen molar-refractivity contribution in [2.24, 2.45) is 11.3 Å². The van der Waals surface area contributed by atoms with Gasteiger partial charge in [0.25, 0.3) is 0 Å². The van der Waals surface area contributed by atoms with Gasteiger partial charge in [0.2, 0.25) is 5.91 Å². The van der Waals surface area contributed by atoms with Crippen LogP contribution >= 0.6 is 0 Å². The molecule has 0 spiro atoms. The van der Waals surface area contributed by atoms with Crippen molar-refractivity contribution in [3.8, 4) is 0 Å². The monoisotopic (exact) mass is 391 g/mol. The Morgan fingerprint density at radius 2 is 1.52 bits per heavy atom. The molecule has 0 heterocycles. The molecule has 0 aromatic rings. The van der Waals surface area contributed by atoms with Crippen molar-refractivity contribution in [3.63, 3.8) is 0 Å². The molecule has 3 N–H and O–H groups in total. The third kappa shape index (κ3) is 8.83. The number of aliphatic hydroxyl groups excluding tert-OH is 2. The van der Waals surface area contributed by atoms with Crippen LogP contribution in [-0.2, 0) is 33.4 Å². The highest BCUT2D eigenvalue weighted by Gasteiger charge is 2.33. The van der Waals surface area contributed by atoms with E-state index < -0.39 is 54.5 Å². The fraction of sp³-hybridized carbons (Fsp3) is 0.765. The molecule has 0 fully saturated rings. The Labute approximate surface area is 158 Å². The first-order chi connectivity index (χ1) is 12.6. The minimum Gasteiger partial charge on any atom is -0.465 e. The van der Waals surface area contributed by atoms with Gasteiger partial charge in [-0.2, -0.15) is 0 Å². The van der Waals surface area contributed by atoms with E-state index in [1.165, 1.54) is 13.8 Å². The van der Waals surface area contributed by atoms with Gasteiger partial charge in [0, 0.05) is 12.0 Å². The molecule has 0 saturated heterocycles.